The molecule has 1 rings (SSSR count). The van der Waals surface area contributed by atoms with Crippen molar-refractivity contribution < 1.29 is 4.74 Å². The van der Waals surface area contributed by atoms with Crippen molar-refractivity contribution >= 4 is 11.8 Å². The van der Waals surface area contributed by atoms with E-state index in [1.54, 1.807) is 13.2 Å². The zero-order chi connectivity index (χ0) is 11.3. The Bertz CT molecular complexity index is 312. The van der Waals surface area contributed by atoms with E-state index in [0.29, 0.717) is 18.4 Å². The van der Waals surface area contributed by atoms with E-state index < -0.39 is 0 Å². The van der Waals surface area contributed by atoms with Crippen LogP contribution in [0.5, 0.6) is 0 Å². The summed E-state index contributed by atoms with van der Waals surface area (Å²) in [5.74, 6) is 1.16. The first-order valence-corrected chi connectivity index (χ1v) is 5.08. The third-order valence-electron chi connectivity index (χ3n) is 2.13. The van der Waals surface area contributed by atoms with Crippen LogP contribution in [-0.2, 0) is 11.3 Å². The molecule has 0 saturated carbocycles. The molecule has 0 spiro atoms. The number of nitrogens with two attached hydrogens (primary N) is 1. The molecule has 0 amide bonds. The number of aromatic nitrogens is 2. The van der Waals surface area contributed by atoms with E-state index >= 15 is 0 Å². The maximum Gasteiger partial charge on any atom is 0.227 e. The predicted octanol–water partition coefficient (Wildman–Crippen LogP) is 1.05. The normalized spacial score (nSPS) is 10.3. The second kappa shape index (κ2) is 5.50. The van der Waals surface area contributed by atoms with Gasteiger partial charge in [-0.1, -0.05) is 0 Å². The van der Waals surface area contributed by atoms with Crippen LogP contribution in [0.2, 0.25) is 0 Å². The van der Waals surface area contributed by atoms with Gasteiger partial charge in [-0.3, -0.25) is 0 Å². The van der Waals surface area contributed by atoms with E-state index in [-0.39, 0.29) is 0 Å². The fourth-order valence-corrected chi connectivity index (χ4v) is 1.37. The van der Waals surface area contributed by atoms with Gasteiger partial charge < -0.3 is 15.4 Å². The minimum absolute atomic E-state index is 0.459. The minimum Gasteiger partial charge on any atom is -0.384 e. The number of nitrogens with zero attached hydrogens (tertiary/aromatic N) is 3. The zero-order valence-corrected chi connectivity index (χ0v) is 9.53. The fourth-order valence-electron chi connectivity index (χ4n) is 1.37. The van der Waals surface area contributed by atoms with Crippen molar-refractivity contribution in [3.63, 3.8) is 0 Å². The Morgan fingerprint density at radius 2 is 2.00 bits per heavy atom. The van der Waals surface area contributed by atoms with Crippen LogP contribution in [0, 0.1) is 0 Å². The first kappa shape index (κ1) is 11.7. The maximum atomic E-state index is 5.70. The van der Waals surface area contributed by atoms with E-state index in [4.69, 9.17) is 10.5 Å². The molecule has 84 valence electrons. The van der Waals surface area contributed by atoms with E-state index in [0.717, 1.165) is 18.8 Å². The van der Waals surface area contributed by atoms with Gasteiger partial charge in [0.05, 0.1) is 12.3 Å². The van der Waals surface area contributed by atoms with Crippen molar-refractivity contribution in [1.82, 2.24) is 9.97 Å². The third kappa shape index (κ3) is 3.06. The van der Waals surface area contributed by atoms with Crippen molar-refractivity contribution in [1.29, 1.82) is 0 Å². The van der Waals surface area contributed by atoms with Crippen LogP contribution in [0.3, 0.4) is 0 Å². The molecular weight excluding hydrogens is 192 g/mol. The number of nitrogen functional groups attached to an aromatic ring is 1. The Hall–Kier alpha value is -1.36. The summed E-state index contributed by atoms with van der Waals surface area (Å²) in [5.41, 5.74) is 6.52. The molecule has 0 atom stereocenters. The van der Waals surface area contributed by atoms with Gasteiger partial charge in [0.2, 0.25) is 5.95 Å². The Labute approximate surface area is 90.3 Å². The minimum atomic E-state index is 0.459. The lowest BCUT2D eigenvalue weighted by Crippen LogP contribution is -2.25. The summed E-state index contributed by atoms with van der Waals surface area (Å²) >= 11 is 0. The number of methoxy groups -OCH3 is 1. The Morgan fingerprint density at radius 3 is 2.53 bits per heavy atom. The van der Waals surface area contributed by atoms with Crippen LogP contribution in [0.1, 0.15) is 19.5 Å². The lowest BCUT2D eigenvalue weighted by Gasteiger charge is -2.19. The van der Waals surface area contributed by atoms with Gasteiger partial charge in [-0.05, 0) is 13.8 Å². The van der Waals surface area contributed by atoms with Crippen LogP contribution >= 0.6 is 0 Å². The average Bonchev–Trinajstić information content (AvgIpc) is 2.19. The lowest BCUT2D eigenvalue weighted by atomic mass is 10.4. The summed E-state index contributed by atoms with van der Waals surface area (Å²) in [5, 5.41) is 0. The Morgan fingerprint density at radius 1 is 1.33 bits per heavy atom. The van der Waals surface area contributed by atoms with Crippen LogP contribution in [0.25, 0.3) is 0 Å². The van der Waals surface area contributed by atoms with Crippen LogP contribution in [0.15, 0.2) is 6.07 Å². The Kier molecular flexibility index (Phi) is 4.30. The molecule has 0 aliphatic carbocycles. The van der Waals surface area contributed by atoms with E-state index in [2.05, 4.69) is 28.7 Å². The van der Waals surface area contributed by atoms with Gasteiger partial charge in [0, 0.05) is 26.3 Å². The first-order valence-electron chi connectivity index (χ1n) is 5.08. The van der Waals surface area contributed by atoms with Gasteiger partial charge in [0.1, 0.15) is 5.82 Å². The highest BCUT2D eigenvalue weighted by atomic mass is 16.5. The van der Waals surface area contributed by atoms with Crippen molar-refractivity contribution in [2.75, 3.05) is 30.8 Å². The molecule has 0 fully saturated rings. The Balaban J connectivity index is 2.96. The molecule has 0 saturated heterocycles. The standard InChI is InChI=1S/C10H18N4O/c1-4-14(5-2)10-12-8(7-15-3)6-9(11)13-10/h6H,4-5,7H2,1-3H3,(H2,11,12,13). The van der Waals surface area contributed by atoms with Crippen molar-refractivity contribution in [2.45, 2.75) is 20.5 Å². The quantitative estimate of drug-likeness (QED) is 0.787. The second-order valence-electron chi connectivity index (χ2n) is 3.19. The molecule has 5 nitrogen and oxygen atoms in total. The van der Waals surface area contributed by atoms with Gasteiger partial charge in [-0.15, -0.1) is 0 Å². The van der Waals surface area contributed by atoms with E-state index in [1.165, 1.54) is 0 Å². The summed E-state index contributed by atoms with van der Waals surface area (Å²) < 4.78 is 5.02. The van der Waals surface area contributed by atoms with Gasteiger partial charge in [-0.2, -0.15) is 4.98 Å². The number of ether oxygens (including phenoxy) is 1. The molecule has 1 heterocycles. The average molecular weight is 210 g/mol. The molecule has 1 aromatic heterocycles. The second-order valence-corrected chi connectivity index (χ2v) is 3.19. The van der Waals surface area contributed by atoms with Gasteiger partial charge >= 0.3 is 0 Å². The smallest absolute Gasteiger partial charge is 0.227 e. The molecule has 0 aliphatic rings. The molecule has 0 aromatic carbocycles. The highest BCUT2D eigenvalue weighted by Gasteiger charge is 2.07. The van der Waals surface area contributed by atoms with E-state index in [1.807, 2.05) is 0 Å². The number of rotatable bonds is 5. The molecule has 2 N–H and O–H groups in total. The molecule has 0 unspecified atom stereocenters. The highest BCUT2D eigenvalue weighted by molar-refractivity contribution is 5.40. The molecule has 0 aliphatic heterocycles. The predicted molar refractivity (Wildman–Crippen MR) is 60.7 cm³/mol. The van der Waals surface area contributed by atoms with Crippen LogP contribution in [0.4, 0.5) is 11.8 Å². The summed E-state index contributed by atoms with van der Waals surface area (Å²) in [6.45, 7) is 6.32. The van der Waals surface area contributed by atoms with Crippen molar-refractivity contribution in [3.8, 4) is 0 Å². The first-order chi connectivity index (χ1) is 7.21. The molecule has 0 radical (unpaired) electrons. The summed E-state index contributed by atoms with van der Waals surface area (Å²) in [7, 11) is 1.63. The topological polar surface area (TPSA) is 64.3 Å². The SMILES string of the molecule is CCN(CC)c1nc(N)cc(COC)n1. The van der Waals surface area contributed by atoms with Crippen molar-refractivity contribution in [2.24, 2.45) is 0 Å². The van der Waals surface area contributed by atoms with Gasteiger partial charge in [0.25, 0.3) is 0 Å². The molecule has 1 aromatic rings. The monoisotopic (exact) mass is 210 g/mol. The van der Waals surface area contributed by atoms with E-state index in [9.17, 15) is 0 Å². The summed E-state index contributed by atoms with van der Waals surface area (Å²) in [6.07, 6.45) is 0. The lowest BCUT2D eigenvalue weighted by molar-refractivity contribution is 0.181. The molecule has 0 bridgehead atoms. The number of hydrogen-bond donors (Lipinski definition) is 1. The maximum absolute atomic E-state index is 5.70. The largest absolute Gasteiger partial charge is 0.384 e. The van der Waals surface area contributed by atoms with Crippen LogP contribution in [-0.4, -0.2) is 30.2 Å². The molecule has 15 heavy (non-hydrogen) atoms. The molecule has 5 heteroatoms. The summed E-state index contributed by atoms with van der Waals surface area (Å²) in [6, 6.07) is 1.73. The van der Waals surface area contributed by atoms with Crippen LogP contribution < -0.4 is 10.6 Å². The van der Waals surface area contributed by atoms with Gasteiger partial charge in [-0.25, -0.2) is 4.98 Å². The zero-order valence-electron chi connectivity index (χ0n) is 9.53. The van der Waals surface area contributed by atoms with Gasteiger partial charge in [0.15, 0.2) is 0 Å². The van der Waals surface area contributed by atoms with Crippen molar-refractivity contribution in [3.05, 3.63) is 11.8 Å². The third-order valence-corrected chi connectivity index (χ3v) is 2.13. The number of anilines is 2. The highest BCUT2D eigenvalue weighted by Crippen LogP contribution is 2.12. The number of hydrogen-bond acceptors (Lipinski definition) is 5. The summed E-state index contributed by atoms with van der Waals surface area (Å²) in [4.78, 5) is 10.6. The fraction of sp³-hybridized carbons (Fsp3) is 0.600. The molecular formula is C10H18N4O.